The number of alkyl halides is 6. The monoisotopic (exact) mass is 1840 g/mol. The normalized spacial score (nSPS) is 16.6. The zero-order valence-electron chi connectivity index (χ0n) is 77.3. The Morgan fingerprint density at radius 1 is 0.277 bits per heavy atom. The molecule has 6 fully saturated rings. The summed E-state index contributed by atoms with van der Waals surface area (Å²) < 4.78 is 137. The predicted octanol–water partition coefficient (Wildman–Crippen LogP) is 32.6. The Labute approximate surface area is 780 Å². The molecule has 0 amide bonds. The van der Waals surface area contributed by atoms with Crippen LogP contribution in [0.25, 0.3) is 0 Å². The van der Waals surface area contributed by atoms with E-state index in [9.17, 15) is 34.8 Å². The van der Waals surface area contributed by atoms with Crippen LogP contribution in [0.1, 0.15) is 285 Å². The molecule has 0 atom stereocenters. The molecule has 0 aliphatic heterocycles. The summed E-state index contributed by atoms with van der Waals surface area (Å²) in [5, 5.41) is -6.13. The molecule has 0 N–H and O–H groups in total. The van der Waals surface area contributed by atoms with Crippen LogP contribution in [-0.2, 0) is 42.8 Å². The van der Waals surface area contributed by atoms with Crippen molar-refractivity contribution in [3.63, 3.8) is 0 Å². The molecule has 0 aromatic heterocycles. The van der Waals surface area contributed by atoms with Crippen molar-refractivity contribution in [2.24, 2.45) is 0 Å². The third-order valence-corrected chi connectivity index (χ3v) is 34.9. The van der Waals surface area contributed by atoms with Gasteiger partial charge in [-0.05, 0) is 311 Å². The summed E-state index contributed by atoms with van der Waals surface area (Å²) in [5.41, 5.74) is 11.4. The highest BCUT2D eigenvalue weighted by Gasteiger charge is 2.77. The molecule has 130 heavy (non-hydrogen) atoms. The van der Waals surface area contributed by atoms with E-state index in [-0.39, 0.29) is 56.2 Å². The first-order valence-electron chi connectivity index (χ1n) is 47.4. The third kappa shape index (κ3) is 25.5. The maximum absolute atomic E-state index is 14.7. The summed E-state index contributed by atoms with van der Waals surface area (Å²) in [5.74, 6) is -5.81. The Hall–Kier alpha value is -9.00. The van der Waals surface area contributed by atoms with E-state index in [1.54, 1.807) is 50.7 Å². The van der Waals surface area contributed by atoms with Gasteiger partial charge in [0.15, 0.2) is 44.1 Å². The van der Waals surface area contributed by atoms with Gasteiger partial charge in [-0.2, -0.15) is 34.8 Å². The second-order valence-electron chi connectivity index (χ2n) is 36.1. The van der Waals surface area contributed by atoms with Crippen molar-refractivity contribution in [2.45, 2.75) is 317 Å². The van der Waals surface area contributed by atoms with Gasteiger partial charge < -0.3 is 23.1 Å². The van der Waals surface area contributed by atoms with E-state index in [2.05, 4.69) is 221 Å². The lowest BCUT2D eigenvalue weighted by Crippen LogP contribution is -2.57. The standard InChI is InChI=1S/C28H38F6O3S.C25H38.2C21H21O2S.C18H15S/c1-26(29,30)27(31,32)28(33,34)38(35,36)37-25-23(20-13-7-3-8-14-20)17-22(19-11-5-2-6-12-19)18-24(25)21-15-9-4-10-16-21;1-19-24(21-13-7-3-8-14-21)17-23(20-11-5-2-6-12-20)18-25(19)22-15-9-4-10-16-22;1-16-4-10-19(11-5-16)24(20-12-6-17(22-2)7-13-20)21-14-8-18(23-3)9-15-21;1-16-7-4-10-19(13-16)24(20-11-5-8-17(14-20)22-2)21-12-6-9-18(15-21)23-3;1-4-10-16(11-5-1)19(17-12-6-2-7-13-17)18-14-8-3-9-15-18/h17-21H,2-16H2,1H3;17-18,20-22H,2-16H2,1H3;2*4-15H,1-3H3;1-15H/q;;3*+1. The minimum atomic E-state index is -6.48. The van der Waals surface area contributed by atoms with Gasteiger partial charge in [-0.15, -0.1) is 0 Å². The molecule has 11 aromatic carbocycles. The van der Waals surface area contributed by atoms with E-state index in [4.69, 9.17) is 23.1 Å². The molecule has 0 spiro atoms. The van der Waals surface area contributed by atoms with Crippen molar-refractivity contribution in [3.05, 3.63) is 311 Å². The van der Waals surface area contributed by atoms with Crippen LogP contribution in [0, 0.1) is 20.8 Å². The summed E-state index contributed by atoms with van der Waals surface area (Å²) in [7, 11) is -0.0619. The van der Waals surface area contributed by atoms with Gasteiger partial charge >= 0.3 is 27.2 Å². The van der Waals surface area contributed by atoms with E-state index in [1.165, 1.54) is 151 Å². The Balaban J connectivity index is 0.000000141. The van der Waals surface area contributed by atoms with Crippen LogP contribution in [0.5, 0.6) is 28.7 Å². The summed E-state index contributed by atoms with van der Waals surface area (Å²) in [6, 6.07) is 91.9. The lowest BCUT2D eigenvalue weighted by Gasteiger charge is -2.33. The molecule has 11 aromatic rings. The average Bonchev–Trinajstić information content (AvgIpc) is 0.795. The van der Waals surface area contributed by atoms with Gasteiger partial charge in [0.05, 0.1) is 61.1 Å². The van der Waals surface area contributed by atoms with Crippen LogP contribution in [0.2, 0.25) is 0 Å². The van der Waals surface area contributed by atoms with E-state index in [1.807, 2.05) is 60.7 Å². The van der Waals surface area contributed by atoms with Gasteiger partial charge in [-0.1, -0.05) is 236 Å². The van der Waals surface area contributed by atoms with Crippen LogP contribution < -0.4 is 23.1 Å². The van der Waals surface area contributed by atoms with Crippen LogP contribution in [-0.4, -0.2) is 54.0 Å². The van der Waals surface area contributed by atoms with Gasteiger partial charge in [-0.3, -0.25) is 0 Å². The minimum absolute atomic E-state index is 0.0146. The summed E-state index contributed by atoms with van der Waals surface area (Å²) in [6.07, 6.45) is 35.1. The van der Waals surface area contributed by atoms with Crippen molar-refractivity contribution >= 4 is 42.8 Å². The van der Waals surface area contributed by atoms with Crippen LogP contribution in [0.15, 0.2) is 305 Å². The van der Waals surface area contributed by atoms with Gasteiger partial charge in [0, 0.05) is 19.1 Å². The molecular weight excluding hydrogens is 1710 g/mol. The third-order valence-electron chi connectivity index (χ3n) is 27.0. The van der Waals surface area contributed by atoms with E-state index >= 15 is 0 Å². The first-order valence-corrected chi connectivity index (χ1v) is 52.5. The molecule has 17 heteroatoms. The molecule has 6 aliphatic rings. The highest BCUT2D eigenvalue weighted by Crippen LogP contribution is 2.54. The molecule has 7 nitrogen and oxygen atoms in total. The Morgan fingerprint density at radius 2 is 0.546 bits per heavy atom. The Bertz CT molecular complexity index is 5140. The number of halogens is 6. The fraction of sp³-hybridized carbons (Fsp3) is 0.416. The molecule has 6 aliphatic carbocycles. The lowest BCUT2D eigenvalue weighted by molar-refractivity contribution is -0.272. The molecule has 690 valence electrons. The first-order chi connectivity index (χ1) is 63.0. The van der Waals surface area contributed by atoms with Gasteiger partial charge in [0.25, 0.3) is 0 Å². The van der Waals surface area contributed by atoms with Crippen molar-refractivity contribution in [1.29, 1.82) is 0 Å². The van der Waals surface area contributed by atoms with Crippen LogP contribution >= 0.6 is 0 Å². The first kappa shape index (κ1) is 98.5. The number of aryl methyl sites for hydroxylation is 2. The van der Waals surface area contributed by atoms with Gasteiger partial charge in [-0.25, -0.2) is 0 Å². The number of benzene rings is 11. The second-order valence-corrected chi connectivity index (χ2v) is 43.7. The van der Waals surface area contributed by atoms with Crippen molar-refractivity contribution in [3.8, 4) is 28.7 Å². The maximum Gasteiger partial charge on any atom is 0.449 e. The molecule has 0 saturated heterocycles. The summed E-state index contributed by atoms with van der Waals surface area (Å²) in [4.78, 5) is 11.7. The van der Waals surface area contributed by atoms with E-state index in [0.29, 0.717) is 36.8 Å². The number of rotatable bonds is 24. The topological polar surface area (TPSA) is 80.3 Å². The number of ether oxygens (including phenoxy) is 4. The maximum atomic E-state index is 14.7. The second kappa shape index (κ2) is 47.6. The van der Waals surface area contributed by atoms with Crippen molar-refractivity contribution < 1.29 is 57.9 Å². The fourth-order valence-corrected chi connectivity index (χ4v) is 27.2. The highest BCUT2D eigenvalue weighted by atomic mass is 32.2. The largest absolute Gasteiger partial charge is 0.497 e. The number of hydrogen-bond donors (Lipinski definition) is 0. The van der Waals surface area contributed by atoms with Gasteiger partial charge in [0.2, 0.25) is 0 Å². The van der Waals surface area contributed by atoms with E-state index < -0.39 is 34.1 Å². The number of hydrogen-bond acceptors (Lipinski definition) is 7. The zero-order chi connectivity index (χ0) is 91.6. The quantitative estimate of drug-likeness (QED) is 0.0339. The van der Waals surface area contributed by atoms with Gasteiger partial charge in [0.1, 0.15) is 28.7 Å². The summed E-state index contributed by atoms with van der Waals surface area (Å²) >= 11 is 0. The Morgan fingerprint density at radius 3 is 0.862 bits per heavy atom. The average molecular weight is 1850 g/mol. The molecule has 6 saturated carbocycles. The molecule has 0 radical (unpaired) electrons. The smallest absolute Gasteiger partial charge is 0.449 e. The van der Waals surface area contributed by atoms with Crippen molar-refractivity contribution in [1.82, 2.24) is 0 Å². The number of methoxy groups -OCH3 is 4. The molecule has 17 rings (SSSR count). The molecule has 0 unspecified atom stereocenters. The molecular formula is C113H133F6O7S4+3. The van der Waals surface area contributed by atoms with Crippen molar-refractivity contribution in [2.75, 3.05) is 28.4 Å². The summed E-state index contributed by atoms with van der Waals surface area (Å²) in [6.45, 7) is 6.29. The highest BCUT2D eigenvalue weighted by molar-refractivity contribution is 7.97. The molecule has 0 heterocycles. The van der Waals surface area contributed by atoms with E-state index in [0.717, 1.165) is 117 Å². The molecule has 0 bridgehead atoms. The Kier molecular flexibility index (Phi) is 36.0. The predicted molar refractivity (Wildman–Crippen MR) is 523 cm³/mol. The van der Waals surface area contributed by atoms with Crippen LogP contribution in [0.3, 0.4) is 0 Å². The fourth-order valence-electron chi connectivity index (χ4n) is 19.8. The SMILES string of the molecule is CC(F)(F)C(F)(F)C(F)(F)S(=O)(=O)Oc1c(C2CCCCC2)cc(C2CCCCC2)cc1C1CCCCC1.COc1ccc([S+](c2ccc(C)cc2)c2ccc(OC)cc2)cc1.COc1cccc([S+](c2cccc(C)c2)c2cccc(OC)c2)c1.Cc1c(C2CCCCC2)cc(C2CCCCC2)cc1C1CCCCC1.c1ccc([S+](c2ccccc2)c2ccccc2)cc1. The lowest BCUT2D eigenvalue weighted by atomic mass is 9.74. The minimum Gasteiger partial charge on any atom is -0.497 e. The van der Waals surface area contributed by atoms with Crippen LogP contribution in [0.4, 0.5) is 26.3 Å². The zero-order valence-corrected chi connectivity index (χ0v) is 80.5.